The van der Waals surface area contributed by atoms with Crippen LogP contribution >= 0.6 is 0 Å². The summed E-state index contributed by atoms with van der Waals surface area (Å²) in [7, 11) is 0. The predicted molar refractivity (Wildman–Crippen MR) is 120 cm³/mol. The van der Waals surface area contributed by atoms with Crippen LogP contribution in [0.4, 0.5) is 5.95 Å². The van der Waals surface area contributed by atoms with E-state index in [2.05, 4.69) is 39.2 Å². The number of nitrogens with zero attached hydrogens (tertiary/aromatic N) is 6. The molecule has 7 nitrogen and oxygen atoms in total. The maximum absolute atomic E-state index is 5.47. The highest BCUT2D eigenvalue weighted by Crippen LogP contribution is 2.22. The Kier molecular flexibility index (Phi) is 5.29. The number of aliphatic imine (C=N–C) groups is 1. The minimum absolute atomic E-state index is 0.721. The van der Waals surface area contributed by atoms with Crippen molar-refractivity contribution in [3.63, 3.8) is 0 Å². The normalized spacial score (nSPS) is 15.6. The molecule has 5 rings (SSSR count). The van der Waals surface area contributed by atoms with Crippen LogP contribution in [0, 0.1) is 0 Å². The van der Waals surface area contributed by atoms with Gasteiger partial charge < -0.3 is 13.9 Å². The van der Waals surface area contributed by atoms with Gasteiger partial charge in [-0.3, -0.25) is 4.90 Å². The van der Waals surface area contributed by atoms with Crippen molar-refractivity contribution < 1.29 is 4.74 Å². The van der Waals surface area contributed by atoms with E-state index in [0.29, 0.717) is 0 Å². The van der Waals surface area contributed by atoms with E-state index in [4.69, 9.17) is 19.7 Å². The number of para-hydroxylation sites is 4. The van der Waals surface area contributed by atoms with Crippen molar-refractivity contribution in [2.45, 2.75) is 20.0 Å². The van der Waals surface area contributed by atoms with Gasteiger partial charge in [-0.2, -0.15) is 0 Å². The Morgan fingerprint density at radius 1 is 0.900 bits per heavy atom. The highest BCUT2D eigenvalue weighted by molar-refractivity contribution is 5.86. The van der Waals surface area contributed by atoms with Crippen molar-refractivity contribution in [1.29, 1.82) is 0 Å². The van der Waals surface area contributed by atoms with E-state index in [1.54, 1.807) is 0 Å². The van der Waals surface area contributed by atoms with Gasteiger partial charge in [0.05, 0.1) is 41.5 Å². The van der Waals surface area contributed by atoms with E-state index in [-0.39, 0.29) is 0 Å². The van der Waals surface area contributed by atoms with E-state index in [1.807, 2.05) is 36.5 Å². The summed E-state index contributed by atoms with van der Waals surface area (Å²) in [6.45, 7) is 8.35. The molecular formula is C23H26N6O. The number of aryl methyl sites for hydroxylation is 1. The summed E-state index contributed by atoms with van der Waals surface area (Å²) in [6, 6.07) is 16.4. The topological polar surface area (TPSA) is 60.5 Å². The lowest BCUT2D eigenvalue weighted by molar-refractivity contribution is 0.0366. The Hall–Kier alpha value is -3.03. The monoisotopic (exact) mass is 402 g/mol. The van der Waals surface area contributed by atoms with Crippen LogP contribution in [0.15, 0.2) is 53.5 Å². The van der Waals surface area contributed by atoms with Crippen LogP contribution in [0.3, 0.4) is 0 Å². The Morgan fingerprint density at radius 2 is 1.57 bits per heavy atom. The molecule has 3 heterocycles. The molecule has 0 aliphatic carbocycles. The van der Waals surface area contributed by atoms with Crippen molar-refractivity contribution >= 4 is 34.2 Å². The molecule has 2 aromatic carbocycles. The molecular weight excluding hydrogens is 376 g/mol. The number of ether oxygens (including phenoxy) is 1. The van der Waals surface area contributed by atoms with Gasteiger partial charge in [-0.15, -0.1) is 0 Å². The average Bonchev–Trinajstić information content (AvgIpc) is 3.34. The van der Waals surface area contributed by atoms with Crippen LogP contribution in [-0.4, -0.2) is 63.1 Å². The van der Waals surface area contributed by atoms with Crippen molar-refractivity contribution in [2.75, 3.05) is 32.8 Å². The smallest absolute Gasteiger partial charge is 0.230 e. The Labute approximate surface area is 175 Å². The molecule has 4 aromatic rings. The zero-order chi connectivity index (χ0) is 20.3. The van der Waals surface area contributed by atoms with Crippen LogP contribution in [0.25, 0.3) is 22.1 Å². The van der Waals surface area contributed by atoms with Crippen LogP contribution in [0.1, 0.15) is 12.7 Å². The number of fused-ring (bicyclic) bond motifs is 2. The van der Waals surface area contributed by atoms with Gasteiger partial charge in [-0.1, -0.05) is 24.3 Å². The lowest BCUT2D eigenvalue weighted by Crippen LogP contribution is -2.38. The molecule has 0 spiro atoms. The summed E-state index contributed by atoms with van der Waals surface area (Å²) in [5.41, 5.74) is 4.20. The minimum atomic E-state index is 0.721. The zero-order valence-electron chi connectivity index (χ0n) is 17.2. The third-order valence-electron chi connectivity index (χ3n) is 5.67. The number of rotatable bonds is 6. The second-order valence-corrected chi connectivity index (χ2v) is 7.47. The lowest BCUT2D eigenvalue weighted by Gasteiger charge is -2.26. The fraction of sp³-hybridized carbons (Fsp3) is 0.348. The summed E-state index contributed by atoms with van der Waals surface area (Å²) in [5.74, 6) is 1.57. The molecule has 0 atom stereocenters. The number of hydrogen-bond donors (Lipinski definition) is 0. The van der Waals surface area contributed by atoms with Gasteiger partial charge >= 0.3 is 0 Å². The first-order valence-electron chi connectivity index (χ1n) is 10.6. The van der Waals surface area contributed by atoms with Crippen LogP contribution in [0.2, 0.25) is 0 Å². The van der Waals surface area contributed by atoms with Crippen LogP contribution in [-0.2, 0) is 17.8 Å². The molecule has 0 saturated carbocycles. The van der Waals surface area contributed by atoms with E-state index < -0.39 is 0 Å². The number of hydrogen-bond acceptors (Lipinski definition) is 5. The molecule has 0 N–H and O–H groups in total. The molecule has 7 heteroatoms. The molecule has 154 valence electrons. The van der Waals surface area contributed by atoms with Gasteiger partial charge in [0, 0.05) is 32.7 Å². The number of aromatic nitrogens is 4. The molecule has 0 amide bonds. The van der Waals surface area contributed by atoms with E-state index in [9.17, 15) is 0 Å². The molecule has 2 aromatic heterocycles. The van der Waals surface area contributed by atoms with Gasteiger partial charge in [0.2, 0.25) is 5.95 Å². The van der Waals surface area contributed by atoms with Gasteiger partial charge in [-0.05, 0) is 31.2 Å². The molecule has 0 unspecified atom stereocenters. The van der Waals surface area contributed by atoms with E-state index >= 15 is 0 Å². The van der Waals surface area contributed by atoms with E-state index in [1.165, 1.54) is 0 Å². The molecule has 1 aliphatic rings. The molecule has 0 radical (unpaired) electrons. The zero-order valence-corrected chi connectivity index (χ0v) is 17.2. The molecule has 1 fully saturated rings. The third kappa shape index (κ3) is 3.62. The van der Waals surface area contributed by atoms with E-state index in [0.717, 1.165) is 79.8 Å². The summed E-state index contributed by atoms with van der Waals surface area (Å²) < 4.78 is 9.86. The molecule has 1 aliphatic heterocycles. The van der Waals surface area contributed by atoms with Gasteiger partial charge in [0.1, 0.15) is 0 Å². The van der Waals surface area contributed by atoms with Gasteiger partial charge in [0.25, 0.3) is 0 Å². The fourth-order valence-electron chi connectivity index (χ4n) is 4.09. The first-order valence-corrected chi connectivity index (χ1v) is 10.6. The highest BCUT2D eigenvalue weighted by atomic mass is 16.5. The second-order valence-electron chi connectivity index (χ2n) is 7.47. The Bertz CT molecular complexity index is 1190. The summed E-state index contributed by atoms with van der Waals surface area (Å²) in [5, 5.41) is 0. The van der Waals surface area contributed by atoms with Gasteiger partial charge in [0.15, 0.2) is 5.82 Å². The Morgan fingerprint density at radius 3 is 2.30 bits per heavy atom. The predicted octanol–water partition coefficient (Wildman–Crippen LogP) is 3.49. The van der Waals surface area contributed by atoms with Crippen molar-refractivity contribution in [3.8, 4) is 0 Å². The summed E-state index contributed by atoms with van der Waals surface area (Å²) >= 11 is 0. The molecule has 1 saturated heterocycles. The largest absolute Gasteiger partial charge is 0.379 e. The van der Waals surface area contributed by atoms with Crippen molar-refractivity contribution in [3.05, 3.63) is 54.4 Å². The standard InChI is InChI=1S/C23H26N6O/c1-2-28-20-9-5-3-7-18(20)25-22(28)17-24-23-26-19-8-4-6-10-21(19)29(23)12-11-27-13-15-30-16-14-27/h3-10,17H,2,11-16H2,1H3/b24-17+. The summed E-state index contributed by atoms with van der Waals surface area (Å²) in [6.07, 6.45) is 1.84. The molecule has 30 heavy (non-hydrogen) atoms. The maximum atomic E-state index is 5.47. The SMILES string of the molecule is CCn1c(/C=N/c2nc3ccccc3n2CCN2CCOCC2)nc2ccccc21. The quantitative estimate of drug-likeness (QED) is 0.463. The molecule has 0 bridgehead atoms. The fourth-order valence-corrected chi connectivity index (χ4v) is 4.09. The maximum Gasteiger partial charge on any atom is 0.230 e. The first-order chi connectivity index (χ1) is 14.8. The second kappa shape index (κ2) is 8.38. The minimum Gasteiger partial charge on any atom is -0.379 e. The number of imidazole rings is 2. The first kappa shape index (κ1) is 19.0. The van der Waals surface area contributed by atoms with Crippen molar-refractivity contribution in [2.24, 2.45) is 4.99 Å². The van der Waals surface area contributed by atoms with Crippen LogP contribution in [0.5, 0.6) is 0 Å². The lowest BCUT2D eigenvalue weighted by atomic mass is 10.3. The average molecular weight is 403 g/mol. The number of benzene rings is 2. The highest BCUT2D eigenvalue weighted by Gasteiger charge is 2.14. The Balaban J connectivity index is 1.48. The van der Waals surface area contributed by atoms with Crippen molar-refractivity contribution in [1.82, 2.24) is 24.0 Å². The number of morpholine rings is 1. The third-order valence-corrected chi connectivity index (χ3v) is 5.67. The van der Waals surface area contributed by atoms with Crippen LogP contribution < -0.4 is 0 Å². The summed E-state index contributed by atoms with van der Waals surface area (Å²) in [4.78, 5) is 16.8. The van der Waals surface area contributed by atoms with Gasteiger partial charge in [-0.25, -0.2) is 15.0 Å².